The van der Waals surface area contributed by atoms with Crippen molar-refractivity contribution < 1.29 is 9.47 Å². The van der Waals surface area contributed by atoms with E-state index in [1.165, 1.54) is 22.2 Å². The Balaban J connectivity index is 1.93. The van der Waals surface area contributed by atoms with Gasteiger partial charge in [0.2, 0.25) is 0 Å². The number of rotatable bonds is 2. The Kier molecular flexibility index (Phi) is 2.46. The molecule has 1 aliphatic heterocycles. The Labute approximate surface area is 117 Å². The molecule has 0 amide bonds. The van der Waals surface area contributed by atoms with E-state index in [0.29, 0.717) is 0 Å². The third kappa shape index (κ3) is 1.59. The van der Waals surface area contributed by atoms with Crippen LogP contribution in [0.3, 0.4) is 0 Å². The minimum absolute atomic E-state index is 0.743. The average molecular weight is 265 g/mol. The lowest BCUT2D eigenvalue weighted by molar-refractivity contribution is 0.318. The van der Waals surface area contributed by atoms with Gasteiger partial charge in [-0.15, -0.1) is 0 Å². The number of nitrogens with one attached hydrogen (secondary N) is 1. The summed E-state index contributed by atoms with van der Waals surface area (Å²) in [5, 5.41) is 1.23. The number of benzene rings is 2. The third-order valence-corrected chi connectivity index (χ3v) is 3.88. The van der Waals surface area contributed by atoms with Gasteiger partial charge in [-0.1, -0.05) is 6.07 Å². The molecular formula is C17H15NO2. The van der Waals surface area contributed by atoms with E-state index >= 15 is 0 Å². The highest BCUT2D eigenvalue weighted by Crippen LogP contribution is 2.38. The van der Waals surface area contributed by atoms with Gasteiger partial charge in [0.15, 0.2) is 0 Å². The molecule has 1 N–H and O–H groups in total. The summed E-state index contributed by atoms with van der Waals surface area (Å²) in [6.07, 6.45) is 0.943. The number of hydrogen-bond acceptors (Lipinski definition) is 2. The van der Waals surface area contributed by atoms with Gasteiger partial charge in [0.1, 0.15) is 11.5 Å². The Morgan fingerprint density at radius 3 is 2.75 bits per heavy atom. The molecule has 3 nitrogen and oxygen atoms in total. The highest BCUT2D eigenvalue weighted by atomic mass is 16.5. The first-order chi connectivity index (χ1) is 9.86. The summed E-state index contributed by atoms with van der Waals surface area (Å²) in [5.74, 6) is 1.86. The van der Waals surface area contributed by atoms with Crippen molar-refractivity contribution in [3.63, 3.8) is 0 Å². The zero-order valence-electron chi connectivity index (χ0n) is 11.3. The number of hydrogen-bond donors (Lipinski definition) is 1. The van der Waals surface area contributed by atoms with Crippen molar-refractivity contribution in [2.45, 2.75) is 6.42 Å². The predicted octanol–water partition coefficient (Wildman–Crippen LogP) is 3.78. The van der Waals surface area contributed by atoms with Crippen molar-refractivity contribution in [1.82, 2.24) is 4.98 Å². The summed E-state index contributed by atoms with van der Waals surface area (Å²) in [4.78, 5) is 3.53. The fraction of sp³-hybridized carbons (Fsp3) is 0.176. The molecule has 0 spiro atoms. The Bertz CT molecular complexity index is 772. The van der Waals surface area contributed by atoms with E-state index < -0.39 is 0 Å². The molecule has 0 saturated heterocycles. The molecule has 0 saturated carbocycles. The second kappa shape index (κ2) is 4.30. The first-order valence-electron chi connectivity index (χ1n) is 6.77. The molecule has 100 valence electrons. The maximum Gasteiger partial charge on any atom is 0.128 e. The monoisotopic (exact) mass is 265 g/mol. The smallest absolute Gasteiger partial charge is 0.128 e. The van der Waals surface area contributed by atoms with Crippen molar-refractivity contribution in [2.75, 3.05) is 13.7 Å². The number of methoxy groups -OCH3 is 1. The van der Waals surface area contributed by atoms with Crippen LogP contribution in [0.4, 0.5) is 0 Å². The summed E-state index contributed by atoms with van der Waals surface area (Å²) in [6, 6.07) is 14.3. The molecule has 0 unspecified atom stereocenters. The molecule has 0 aliphatic carbocycles. The minimum Gasteiger partial charge on any atom is -0.497 e. The first kappa shape index (κ1) is 11.4. The highest BCUT2D eigenvalue weighted by molar-refractivity contribution is 5.95. The van der Waals surface area contributed by atoms with Crippen LogP contribution in [0.2, 0.25) is 0 Å². The van der Waals surface area contributed by atoms with Crippen molar-refractivity contribution in [1.29, 1.82) is 0 Å². The standard InChI is InChI=1S/C17H15NO2/c1-19-12-7-5-11(6-8-12)17-13-9-10-20-15-4-2-3-14(18-17)16(13)15/h2-8,18H,9-10H2,1H3. The van der Waals surface area contributed by atoms with Gasteiger partial charge in [-0.3, -0.25) is 0 Å². The fourth-order valence-electron chi connectivity index (χ4n) is 2.92. The van der Waals surface area contributed by atoms with E-state index in [0.717, 1.165) is 30.0 Å². The minimum atomic E-state index is 0.743. The maximum absolute atomic E-state index is 5.74. The van der Waals surface area contributed by atoms with Crippen LogP contribution in [0.5, 0.6) is 11.5 Å². The van der Waals surface area contributed by atoms with Gasteiger partial charge in [0.05, 0.1) is 13.7 Å². The number of aromatic nitrogens is 1. The lowest BCUT2D eigenvalue weighted by atomic mass is 10.0. The van der Waals surface area contributed by atoms with Crippen LogP contribution in [0, 0.1) is 0 Å². The largest absolute Gasteiger partial charge is 0.497 e. The van der Waals surface area contributed by atoms with Gasteiger partial charge in [-0.05, 0) is 47.5 Å². The number of aromatic amines is 1. The van der Waals surface area contributed by atoms with Gasteiger partial charge in [-0.25, -0.2) is 0 Å². The second-order valence-corrected chi connectivity index (χ2v) is 4.98. The molecule has 3 heteroatoms. The number of ether oxygens (including phenoxy) is 2. The van der Waals surface area contributed by atoms with E-state index in [9.17, 15) is 0 Å². The van der Waals surface area contributed by atoms with Gasteiger partial charge in [0.25, 0.3) is 0 Å². The summed E-state index contributed by atoms with van der Waals surface area (Å²) in [6.45, 7) is 0.743. The lowest BCUT2D eigenvalue weighted by Gasteiger charge is -2.15. The molecule has 0 atom stereocenters. The summed E-state index contributed by atoms with van der Waals surface area (Å²) in [5.41, 5.74) is 4.87. The average Bonchev–Trinajstić information content (AvgIpc) is 2.89. The van der Waals surface area contributed by atoms with E-state index in [4.69, 9.17) is 9.47 Å². The highest BCUT2D eigenvalue weighted by Gasteiger charge is 2.20. The maximum atomic E-state index is 5.74. The molecule has 1 aliphatic rings. The van der Waals surface area contributed by atoms with Crippen LogP contribution >= 0.6 is 0 Å². The van der Waals surface area contributed by atoms with Gasteiger partial charge in [0, 0.05) is 23.0 Å². The van der Waals surface area contributed by atoms with Crippen molar-refractivity contribution in [2.24, 2.45) is 0 Å². The van der Waals surface area contributed by atoms with Gasteiger partial charge < -0.3 is 14.5 Å². The first-order valence-corrected chi connectivity index (χ1v) is 6.77. The third-order valence-electron chi connectivity index (χ3n) is 3.88. The van der Waals surface area contributed by atoms with Gasteiger partial charge in [-0.2, -0.15) is 0 Å². The predicted molar refractivity (Wildman–Crippen MR) is 79.5 cm³/mol. The van der Waals surface area contributed by atoms with Crippen LogP contribution in [0.1, 0.15) is 5.56 Å². The number of H-pyrrole nitrogens is 1. The molecular weight excluding hydrogens is 250 g/mol. The van der Waals surface area contributed by atoms with E-state index in [1.807, 2.05) is 24.3 Å². The van der Waals surface area contributed by atoms with E-state index in [2.05, 4.69) is 23.2 Å². The van der Waals surface area contributed by atoms with Crippen LogP contribution in [-0.4, -0.2) is 18.7 Å². The van der Waals surface area contributed by atoms with Crippen LogP contribution in [0.15, 0.2) is 42.5 Å². The van der Waals surface area contributed by atoms with E-state index in [-0.39, 0.29) is 0 Å². The van der Waals surface area contributed by atoms with E-state index in [1.54, 1.807) is 7.11 Å². The Morgan fingerprint density at radius 2 is 1.95 bits per heavy atom. The summed E-state index contributed by atoms with van der Waals surface area (Å²) >= 11 is 0. The van der Waals surface area contributed by atoms with Gasteiger partial charge >= 0.3 is 0 Å². The Hall–Kier alpha value is -2.42. The van der Waals surface area contributed by atoms with Crippen molar-refractivity contribution >= 4 is 10.9 Å². The molecule has 2 aromatic carbocycles. The van der Waals surface area contributed by atoms with Crippen LogP contribution < -0.4 is 9.47 Å². The summed E-state index contributed by atoms with van der Waals surface area (Å²) < 4.78 is 11.0. The van der Waals surface area contributed by atoms with Crippen LogP contribution in [-0.2, 0) is 6.42 Å². The fourth-order valence-corrected chi connectivity index (χ4v) is 2.92. The quantitative estimate of drug-likeness (QED) is 0.765. The molecule has 0 bridgehead atoms. The van der Waals surface area contributed by atoms with Crippen molar-refractivity contribution in [3.05, 3.63) is 48.0 Å². The molecule has 20 heavy (non-hydrogen) atoms. The molecule has 0 radical (unpaired) electrons. The SMILES string of the molecule is COc1ccc(-c2[nH]c3cccc4c3c2CCO4)cc1. The molecule has 1 aromatic heterocycles. The molecule has 3 aromatic rings. The Morgan fingerprint density at radius 1 is 1.10 bits per heavy atom. The zero-order valence-corrected chi connectivity index (χ0v) is 11.3. The molecule has 2 heterocycles. The topological polar surface area (TPSA) is 34.2 Å². The van der Waals surface area contributed by atoms with Crippen LogP contribution in [0.25, 0.3) is 22.2 Å². The lowest BCUT2D eigenvalue weighted by Crippen LogP contribution is -2.07. The molecule has 4 rings (SSSR count). The summed E-state index contributed by atoms with van der Waals surface area (Å²) in [7, 11) is 1.69. The normalized spacial score (nSPS) is 13.2. The molecule has 0 fully saturated rings. The zero-order chi connectivity index (χ0) is 13.5. The second-order valence-electron chi connectivity index (χ2n) is 4.98. The van der Waals surface area contributed by atoms with Crippen molar-refractivity contribution in [3.8, 4) is 22.8 Å².